The van der Waals surface area contributed by atoms with Gasteiger partial charge in [-0.15, -0.1) is 0 Å². The Morgan fingerprint density at radius 3 is 1.84 bits per heavy atom. The molecule has 0 atom stereocenters. The van der Waals surface area contributed by atoms with E-state index in [2.05, 4.69) is 20.6 Å². The minimum Gasteiger partial charge on any atom is -0.366 e. The first kappa shape index (κ1) is 17.2. The summed E-state index contributed by atoms with van der Waals surface area (Å²) < 4.78 is 12.9. The second-order valence-corrected chi connectivity index (χ2v) is 6.08. The summed E-state index contributed by atoms with van der Waals surface area (Å²) in [6.07, 6.45) is 0. The number of benzene rings is 2. The standard InChI is InChI=1S/C19H18ClFN4/c1-13-24-18(22-11-14-2-6-16(20)7-3-14)10-19(25-13)23-12-15-4-8-17(21)9-5-15/h2-10H,11-12H2,1H3,(H2,22,23,24,25). The molecule has 3 rings (SSSR count). The van der Waals surface area contributed by atoms with Gasteiger partial charge in [-0.3, -0.25) is 0 Å². The largest absolute Gasteiger partial charge is 0.366 e. The molecule has 0 radical (unpaired) electrons. The van der Waals surface area contributed by atoms with E-state index >= 15 is 0 Å². The maximum Gasteiger partial charge on any atom is 0.132 e. The lowest BCUT2D eigenvalue weighted by molar-refractivity contribution is 0.627. The molecule has 0 aliphatic carbocycles. The molecule has 25 heavy (non-hydrogen) atoms. The van der Waals surface area contributed by atoms with Crippen molar-refractivity contribution in [1.29, 1.82) is 0 Å². The molecule has 1 aromatic heterocycles. The highest BCUT2D eigenvalue weighted by Crippen LogP contribution is 2.15. The average Bonchev–Trinajstić information content (AvgIpc) is 2.60. The van der Waals surface area contributed by atoms with E-state index in [-0.39, 0.29) is 5.82 Å². The summed E-state index contributed by atoms with van der Waals surface area (Å²) in [6.45, 7) is 3.05. The Bertz CT molecular complexity index is 767. The van der Waals surface area contributed by atoms with Gasteiger partial charge in [-0.05, 0) is 42.3 Å². The minimum absolute atomic E-state index is 0.240. The smallest absolute Gasteiger partial charge is 0.132 e. The van der Waals surface area contributed by atoms with Crippen molar-refractivity contribution < 1.29 is 4.39 Å². The Balaban J connectivity index is 1.63. The first-order valence-electron chi connectivity index (χ1n) is 7.91. The van der Waals surface area contributed by atoms with Crippen molar-refractivity contribution in [2.75, 3.05) is 10.6 Å². The molecule has 4 nitrogen and oxygen atoms in total. The fourth-order valence-electron chi connectivity index (χ4n) is 2.34. The van der Waals surface area contributed by atoms with E-state index in [1.165, 1.54) is 12.1 Å². The topological polar surface area (TPSA) is 49.8 Å². The molecule has 128 valence electrons. The molecule has 0 amide bonds. The van der Waals surface area contributed by atoms with E-state index < -0.39 is 0 Å². The van der Waals surface area contributed by atoms with Crippen molar-refractivity contribution >= 4 is 23.2 Å². The molecule has 1 heterocycles. The van der Waals surface area contributed by atoms with Crippen LogP contribution in [0.25, 0.3) is 0 Å². The summed E-state index contributed by atoms with van der Waals surface area (Å²) in [4.78, 5) is 8.77. The van der Waals surface area contributed by atoms with E-state index in [9.17, 15) is 4.39 Å². The monoisotopic (exact) mass is 356 g/mol. The zero-order valence-corrected chi connectivity index (χ0v) is 14.5. The van der Waals surface area contributed by atoms with Gasteiger partial charge in [0.1, 0.15) is 23.3 Å². The Labute approximate surface area is 151 Å². The van der Waals surface area contributed by atoms with Gasteiger partial charge in [0.25, 0.3) is 0 Å². The molecule has 0 saturated heterocycles. The van der Waals surface area contributed by atoms with Gasteiger partial charge >= 0.3 is 0 Å². The fourth-order valence-corrected chi connectivity index (χ4v) is 2.46. The number of aryl methyl sites for hydroxylation is 1. The van der Waals surface area contributed by atoms with Crippen LogP contribution in [-0.4, -0.2) is 9.97 Å². The molecular formula is C19H18ClFN4. The zero-order chi connectivity index (χ0) is 17.6. The van der Waals surface area contributed by atoms with Crippen LogP contribution in [0, 0.1) is 12.7 Å². The Morgan fingerprint density at radius 2 is 1.32 bits per heavy atom. The highest BCUT2D eigenvalue weighted by Gasteiger charge is 2.03. The van der Waals surface area contributed by atoms with Gasteiger partial charge in [-0.2, -0.15) is 0 Å². The van der Waals surface area contributed by atoms with Gasteiger partial charge in [0.15, 0.2) is 0 Å². The molecule has 2 aromatic carbocycles. The van der Waals surface area contributed by atoms with Gasteiger partial charge in [0.2, 0.25) is 0 Å². The summed E-state index contributed by atoms with van der Waals surface area (Å²) in [5, 5.41) is 7.24. The van der Waals surface area contributed by atoms with Crippen LogP contribution in [0.2, 0.25) is 5.02 Å². The predicted molar refractivity (Wildman–Crippen MR) is 99.3 cm³/mol. The molecule has 3 aromatic rings. The third-order valence-electron chi connectivity index (χ3n) is 3.61. The van der Waals surface area contributed by atoms with Crippen LogP contribution in [0.3, 0.4) is 0 Å². The maximum absolute atomic E-state index is 12.9. The minimum atomic E-state index is -0.240. The number of hydrogen-bond acceptors (Lipinski definition) is 4. The SMILES string of the molecule is Cc1nc(NCc2ccc(F)cc2)cc(NCc2ccc(Cl)cc2)n1. The van der Waals surface area contributed by atoms with Gasteiger partial charge < -0.3 is 10.6 Å². The third kappa shape index (κ3) is 5.16. The predicted octanol–water partition coefficient (Wildman–Crippen LogP) is 4.80. The van der Waals surface area contributed by atoms with Crippen molar-refractivity contribution in [3.8, 4) is 0 Å². The quantitative estimate of drug-likeness (QED) is 0.666. The summed E-state index contributed by atoms with van der Waals surface area (Å²) >= 11 is 5.89. The molecule has 0 unspecified atom stereocenters. The van der Waals surface area contributed by atoms with Crippen molar-refractivity contribution in [1.82, 2.24) is 9.97 Å². The molecule has 2 N–H and O–H groups in total. The molecular weight excluding hydrogens is 339 g/mol. The fraction of sp³-hybridized carbons (Fsp3) is 0.158. The number of nitrogens with zero attached hydrogens (tertiary/aromatic N) is 2. The second kappa shape index (κ2) is 7.94. The zero-order valence-electron chi connectivity index (χ0n) is 13.8. The third-order valence-corrected chi connectivity index (χ3v) is 3.86. The van der Waals surface area contributed by atoms with E-state index in [1.807, 2.05) is 37.3 Å². The van der Waals surface area contributed by atoms with Crippen LogP contribution in [0.1, 0.15) is 17.0 Å². The number of nitrogens with one attached hydrogen (secondary N) is 2. The highest BCUT2D eigenvalue weighted by molar-refractivity contribution is 6.30. The molecule has 0 fully saturated rings. The van der Waals surface area contributed by atoms with Gasteiger partial charge in [0, 0.05) is 24.2 Å². The van der Waals surface area contributed by atoms with Gasteiger partial charge in [-0.1, -0.05) is 35.9 Å². The lowest BCUT2D eigenvalue weighted by Crippen LogP contribution is -2.07. The first-order chi connectivity index (χ1) is 12.1. The van der Waals surface area contributed by atoms with E-state index in [4.69, 9.17) is 11.6 Å². The average molecular weight is 357 g/mol. The lowest BCUT2D eigenvalue weighted by Gasteiger charge is -2.10. The van der Waals surface area contributed by atoms with Crippen LogP contribution in [-0.2, 0) is 13.1 Å². The highest BCUT2D eigenvalue weighted by atomic mass is 35.5. The number of anilines is 2. The van der Waals surface area contributed by atoms with Crippen LogP contribution < -0.4 is 10.6 Å². The number of halogens is 2. The molecule has 0 spiro atoms. The maximum atomic E-state index is 12.9. The molecule has 0 bridgehead atoms. The van der Waals surface area contributed by atoms with Crippen molar-refractivity contribution in [2.24, 2.45) is 0 Å². The summed E-state index contributed by atoms with van der Waals surface area (Å²) in [5.41, 5.74) is 2.09. The van der Waals surface area contributed by atoms with E-state index in [0.717, 1.165) is 22.8 Å². The van der Waals surface area contributed by atoms with Crippen LogP contribution >= 0.6 is 11.6 Å². The lowest BCUT2D eigenvalue weighted by atomic mass is 10.2. The van der Waals surface area contributed by atoms with Gasteiger partial charge in [-0.25, -0.2) is 14.4 Å². The Hall–Kier alpha value is -2.66. The Morgan fingerprint density at radius 1 is 0.840 bits per heavy atom. The van der Waals surface area contributed by atoms with Crippen LogP contribution in [0.15, 0.2) is 54.6 Å². The summed E-state index contributed by atoms with van der Waals surface area (Å²) in [7, 11) is 0. The normalized spacial score (nSPS) is 10.5. The van der Waals surface area contributed by atoms with Crippen molar-refractivity contribution in [3.05, 3.63) is 82.4 Å². The van der Waals surface area contributed by atoms with Crippen LogP contribution in [0.4, 0.5) is 16.0 Å². The summed E-state index contributed by atoms with van der Waals surface area (Å²) in [5.74, 6) is 1.89. The Kier molecular flexibility index (Phi) is 5.46. The van der Waals surface area contributed by atoms with Gasteiger partial charge in [0.05, 0.1) is 0 Å². The molecule has 6 heteroatoms. The summed E-state index contributed by atoms with van der Waals surface area (Å²) in [6, 6.07) is 15.9. The number of hydrogen-bond donors (Lipinski definition) is 2. The molecule has 0 aliphatic heterocycles. The van der Waals surface area contributed by atoms with Crippen LogP contribution in [0.5, 0.6) is 0 Å². The number of aromatic nitrogens is 2. The van der Waals surface area contributed by atoms with Crippen molar-refractivity contribution in [2.45, 2.75) is 20.0 Å². The van der Waals surface area contributed by atoms with E-state index in [0.29, 0.717) is 23.9 Å². The molecule has 0 saturated carbocycles. The number of rotatable bonds is 6. The second-order valence-electron chi connectivity index (χ2n) is 5.65. The van der Waals surface area contributed by atoms with Crippen molar-refractivity contribution in [3.63, 3.8) is 0 Å². The first-order valence-corrected chi connectivity index (χ1v) is 8.28. The molecule has 0 aliphatic rings. The van der Waals surface area contributed by atoms with E-state index in [1.54, 1.807) is 12.1 Å².